The number of piperidine rings is 1. The Morgan fingerprint density at radius 3 is 2.47 bits per heavy atom. The monoisotopic (exact) mass is 411 g/mol. The molecule has 2 atom stereocenters. The maximum absolute atomic E-state index is 12.6. The molecule has 3 rings (SSSR count). The van der Waals surface area contributed by atoms with Gasteiger partial charge in [-0.1, -0.05) is 38.1 Å². The van der Waals surface area contributed by atoms with Crippen molar-refractivity contribution >= 4 is 11.6 Å². The van der Waals surface area contributed by atoms with Gasteiger partial charge in [-0.25, -0.2) is 0 Å². The summed E-state index contributed by atoms with van der Waals surface area (Å²) in [5.41, 5.74) is 2.26. The number of amides is 1. The number of rotatable bonds is 7. The van der Waals surface area contributed by atoms with Crippen molar-refractivity contribution < 1.29 is 14.5 Å². The van der Waals surface area contributed by atoms with E-state index < -0.39 is 4.92 Å². The Kier molecular flexibility index (Phi) is 7.05. The van der Waals surface area contributed by atoms with Crippen molar-refractivity contribution in [2.75, 3.05) is 20.2 Å². The quantitative estimate of drug-likeness (QED) is 0.550. The van der Waals surface area contributed by atoms with Crippen molar-refractivity contribution in [2.45, 2.75) is 33.4 Å². The van der Waals surface area contributed by atoms with Gasteiger partial charge in [0, 0.05) is 37.8 Å². The number of nitrogens with zero attached hydrogens (tertiary/aromatic N) is 2. The first kappa shape index (κ1) is 21.8. The Morgan fingerprint density at radius 1 is 1.17 bits per heavy atom. The number of nitro groups is 1. The topological polar surface area (TPSA) is 84.7 Å². The molecule has 0 aromatic heterocycles. The Bertz CT molecular complexity index is 905. The zero-order valence-electron chi connectivity index (χ0n) is 17.8. The summed E-state index contributed by atoms with van der Waals surface area (Å²) in [7, 11) is 1.36. The SMILES string of the molecule is COc1ccc(C(=O)NCc2ccccc2CN2CC(C)CC(C)C2)cc1[N+](=O)[O-]. The molecular weight excluding hydrogens is 382 g/mol. The molecule has 0 radical (unpaired) electrons. The summed E-state index contributed by atoms with van der Waals surface area (Å²) in [6.45, 7) is 7.98. The van der Waals surface area contributed by atoms with Gasteiger partial charge in [0.25, 0.3) is 5.91 Å². The van der Waals surface area contributed by atoms with Crippen LogP contribution in [0.4, 0.5) is 5.69 Å². The fourth-order valence-electron chi connectivity index (χ4n) is 4.30. The molecule has 1 N–H and O–H groups in total. The van der Waals surface area contributed by atoms with Crippen LogP contribution in [0.3, 0.4) is 0 Å². The van der Waals surface area contributed by atoms with Gasteiger partial charge in [-0.3, -0.25) is 19.8 Å². The first-order valence-corrected chi connectivity index (χ1v) is 10.3. The average Bonchev–Trinajstić information content (AvgIpc) is 2.71. The van der Waals surface area contributed by atoms with E-state index in [1.54, 1.807) is 0 Å². The molecule has 0 saturated carbocycles. The molecule has 2 aromatic carbocycles. The third kappa shape index (κ3) is 5.36. The van der Waals surface area contributed by atoms with E-state index in [0.29, 0.717) is 18.4 Å². The second-order valence-corrected chi connectivity index (χ2v) is 8.24. The molecule has 1 aliphatic heterocycles. The number of carbonyl (C=O) groups is 1. The van der Waals surface area contributed by atoms with E-state index in [1.807, 2.05) is 18.2 Å². The molecule has 0 aliphatic carbocycles. The molecule has 1 fully saturated rings. The van der Waals surface area contributed by atoms with Crippen molar-refractivity contribution in [2.24, 2.45) is 11.8 Å². The highest BCUT2D eigenvalue weighted by molar-refractivity contribution is 5.95. The lowest BCUT2D eigenvalue weighted by Crippen LogP contribution is -2.38. The fraction of sp³-hybridized carbons (Fsp3) is 0.435. The van der Waals surface area contributed by atoms with E-state index in [4.69, 9.17) is 4.74 Å². The molecule has 1 heterocycles. The summed E-state index contributed by atoms with van der Waals surface area (Å²) >= 11 is 0. The second kappa shape index (κ2) is 9.71. The lowest BCUT2D eigenvalue weighted by Gasteiger charge is -2.35. The third-order valence-corrected chi connectivity index (χ3v) is 5.53. The van der Waals surface area contributed by atoms with Gasteiger partial charge in [0.1, 0.15) is 0 Å². The van der Waals surface area contributed by atoms with Crippen LogP contribution in [-0.2, 0) is 13.1 Å². The minimum atomic E-state index is -0.550. The van der Waals surface area contributed by atoms with Gasteiger partial charge in [-0.2, -0.15) is 0 Å². The van der Waals surface area contributed by atoms with Gasteiger partial charge in [-0.15, -0.1) is 0 Å². The number of carbonyl (C=O) groups excluding carboxylic acids is 1. The molecule has 1 aliphatic rings. The number of likely N-dealkylation sites (tertiary alicyclic amines) is 1. The number of benzene rings is 2. The van der Waals surface area contributed by atoms with E-state index >= 15 is 0 Å². The molecule has 2 unspecified atom stereocenters. The number of hydrogen-bond acceptors (Lipinski definition) is 5. The van der Waals surface area contributed by atoms with Gasteiger partial charge in [-0.05, 0) is 41.5 Å². The van der Waals surface area contributed by atoms with E-state index in [2.05, 4.69) is 30.1 Å². The molecule has 160 valence electrons. The van der Waals surface area contributed by atoms with Gasteiger partial charge >= 0.3 is 5.69 Å². The first-order chi connectivity index (χ1) is 14.4. The highest BCUT2D eigenvalue weighted by Gasteiger charge is 2.22. The predicted molar refractivity (Wildman–Crippen MR) is 115 cm³/mol. The number of nitrogens with one attached hydrogen (secondary N) is 1. The van der Waals surface area contributed by atoms with E-state index in [1.165, 1.54) is 37.3 Å². The molecular formula is C23H29N3O4. The molecule has 30 heavy (non-hydrogen) atoms. The van der Waals surface area contributed by atoms with Crippen LogP contribution in [0.2, 0.25) is 0 Å². The minimum absolute atomic E-state index is 0.131. The van der Waals surface area contributed by atoms with Crippen LogP contribution in [-0.4, -0.2) is 35.9 Å². The maximum Gasteiger partial charge on any atom is 0.311 e. The molecule has 2 aromatic rings. The largest absolute Gasteiger partial charge is 0.490 e. The highest BCUT2D eigenvalue weighted by atomic mass is 16.6. The molecule has 7 heteroatoms. The van der Waals surface area contributed by atoms with Gasteiger partial charge in [0.2, 0.25) is 0 Å². The number of ether oxygens (including phenoxy) is 1. The van der Waals surface area contributed by atoms with Crippen molar-refractivity contribution in [1.29, 1.82) is 0 Å². The zero-order chi connectivity index (χ0) is 21.7. The summed E-state index contributed by atoms with van der Waals surface area (Å²) in [6, 6.07) is 12.3. The lowest BCUT2D eigenvalue weighted by atomic mass is 9.91. The summed E-state index contributed by atoms with van der Waals surface area (Å²) in [5.74, 6) is 1.15. The van der Waals surface area contributed by atoms with Crippen LogP contribution < -0.4 is 10.1 Å². The zero-order valence-corrected chi connectivity index (χ0v) is 17.8. The Morgan fingerprint density at radius 2 is 1.83 bits per heavy atom. The smallest absolute Gasteiger partial charge is 0.311 e. The summed E-state index contributed by atoms with van der Waals surface area (Å²) in [4.78, 5) is 25.7. The van der Waals surface area contributed by atoms with Crippen molar-refractivity contribution in [1.82, 2.24) is 10.2 Å². The van der Waals surface area contributed by atoms with Crippen LogP contribution in [0.1, 0.15) is 41.8 Å². The molecule has 1 saturated heterocycles. The summed E-state index contributed by atoms with van der Waals surface area (Å²) < 4.78 is 5.00. The Balaban J connectivity index is 1.68. The normalized spacial score (nSPS) is 19.3. The van der Waals surface area contributed by atoms with E-state index in [9.17, 15) is 14.9 Å². The third-order valence-electron chi connectivity index (χ3n) is 5.53. The van der Waals surface area contributed by atoms with Gasteiger partial charge < -0.3 is 10.1 Å². The van der Waals surface area contributed by atoms with Crippen molar-refractivity contribution in [3.05, 3.63) is 69.3 Å². The number of nitro benzene ring substituents is 1. The maximum atomic E-state index is 12.6. The number of methoxy groups -OCH3 is 1. The van der Waals surface area contributed by atoms with Crippen LogP contribution in [0, 0.1) is 22.0 Å². The average molecular weight is 412 g/mol. The molecule has 1 amide bonds. The van der Waals surface area contributed by atoms with Crippen LogP contribution in [0.5, 0.6) is 5.75 Å². The van der Waals surface area contributed by atoms with E-state index in [0.717, 1.165) is 25.2 Å². The van der Waals surface area contributed by atoms with E-state index in [-0.39, 0.29) is 22.9 Å². The van der Waals surface area contributed by atoms with Crippen LogP contribution >= 0.6 is 0 Å². The van der Waals surface area contributed by atoms with Gasteiger partial charge in [0.05, 0.1) is 12.0 Å². The molecule has 0 bridgehead atoms. The first-order valence-electron chi connectivity index (χ1n) is 10.3. The predicted octanol–water partition coefficient (Wildman–Crippen LogP) is 4.01. The minimum Gasteiger partial charge on any atom is -0.490 e. The number of hydrogen-bond donors (Lipinski definition) is 1. The van der Waals surface area contributed by atoms with Crippen LogP contribution in [0.25, 0.3) is 0 Å². The molecule has 0 spiro atoms. The Labute approximate surface area is 177 Å². The molecule has 7 nitrogen and oxygen atoms in total. The fourth-order valence-corrected chi connectivity index (χ4v) is 4.30. The summed E-state index contributed by atoms with van der Waals surface area (Å²) in [5, 5.41) is 14.1. The highest BCUT2D eigenvalue weighted by Crippen LogP contribution is 2.27. The van der Waals surface area contributed by atoms with Gasteiger partial charge in [0.15, 0.2) is 5.75 Å². The second-order valence-electron chi connectivity index (χ2n) is 8.24. The summed E-state index contributed by atoms with van der Waals surface area (Å²) in [6.07, 6.45) is 1.27. The van der Waals surface area contributed by atoms with Crippen molar-refractivity contribution in [3.8, 4) is 5.75 Å². The lowest BCUT2D eigenvalue weighted by molar-refractivity contribution is -0.385. The Hall–Kier alpha value is -2.93. The van der Waals surface area contributed by atoms with Crippen LogP contribution in [0.15, 0.2) is 42.5 Å². The van der Waals surface area contributed by atoms with Crippen molar-refractivity contribution in [3.63, 3.8) is 0 Å². The standard InChI is InChI=1S/C23H29N3O4/c1-16-10-17(2)14-25(13-16)15-20-7-5-4-6-19(20)12-24-23(27)18-8-9-22(30-3)21(11-18)26(28)29/h4-9,11,16-17H,10,12-15H2,1-3H3,(H,24,27).